The van der Waals surface area contributed by atoms with Gasteiger partial charge in [0.1, 0.15) is 0 Å². The molecule has 0 radical (unpaired) electrons. The Labute approximate surface area is 366 Å². The maximum atomic E-state index is 5.15. The number of benzene rings is 10. The predicted octanol–water partition coefficient (Wildman–Crippen LogP) is 15.5. The highest BCUT2D eigenvalue weighted by molar-refractivity contribution is 6.03. The van der Waals surface area contributed by atoms with Gasteiger partial charge in [-0.15, -0.1) is 0 Å². The molecule has 10 aromatic carbocycles. The van der Waals surface area contributed by atoms with Crippen LogP contribution in [0.3, 0.4) is 0 Å². The van der Waals surface area contributed by atoms with Crippen molar-refractivity contribution in [1.29, 1.82) is 0 Å². The molecule has 2 aliphatic rings. The molecule has 0 amide bonds. The second kappa shape index (κ2) is 13.9. The van der Waals surface area contributed by atoms with Gasteiger partial charge in [-0.3, -0.25) is 0 Å². The van der Waals surface area contributed by atoms with Gasteiger partial charge in [0.2, 0.25) is 0 Å². The monoisotopic (exact) mass is 798 g/mol. The predicted molar refractivity (Wildman–Crippen MR) is 261 cm³/mol. The average Bonchev–Trinajstić information content (AvgIpc) is 3.81. The molecule has 0 aliphatic heterocycles. The third-order valence-electron chi connectivity index (χ3n) is 13.5. The fourth-order valence-corrected chi connectivity index (χ4v) is 10.5. The summed E-state index contributed by atoms with van der Waals surface area (Å²) in [5.74, 6) is 0.708. The second-order valence-corrected chi connectivity index (χ2v) is 16.9. The third kappa shape index (κ3) is 5.51. The van der Waals surface area contributed by atoms with E-state index in [1.54, 1.807) is 0 Å². The van der Waals surface area contributed by atoms with Crippen LogP contribution in [0, 0.1) is 0 Å². The van der Waals surface area contributed by atoms with E-state index in [9.17, 15) is 0 Å². The number of rotatable bonds is 5. The zero-order valence-corrected chi connectivity index (χ0v) is 34.3. The zero-order chi connectivity index (χ0) is 41.5. The minimum atomic E-state index is -0.411. The van der Waals surface area contributed by atoms with Gasteiger partial charge in [0.15, 0.2) is 5.82 Å². The Morgan fingerprint density at radius 3 is 1.38 bits per heavy atom. The normalized spacial score (nSPS) is 12.9. The van der Waals surface area contributed by atoms with E-state index in [-0.39, 0.29) is 0 Å². The summed E-state index contributed by atoms with van der Waals surface area (Å²) in [6, 6.07) is 84.1. The summed E-state index contributed by atoms with van der Waals surface area (Å²) in [5, 5.41) is 5.01. The topological polar surface area (TPSA) is 25.8 Å². The number of aromatic nitrogens is 2. The molecular formula is C61H38N2. The van der Waals surface area contributed by atoms with Crippen molar-refractivity contribution in [2.75, 3.05) is 0 Å². The molecule has 1 heterocycles. The molecule has 2 heteroatoms. The largest absolute Gasteiger partial charge is 0.228 e. The van der Waals surface area contributed by atoms with Gasteiger partial charge in [-0.2, -0.15) is 0 Å². The minimum absolute atomic E-state index is 0.411. The molecule has 0 fully saturated rings. The molecule has 63 heavy (non-hydrogen) atoms. The first-order chi connectivity index (χ1) is 31.2. The first kappa shape index (κ1) is 35.5. The van der Waals surface area contributed by atoms with Crippen LogP contribution in [0.4, 0.5) is 0 Å². The summed E-state index contributed by atoms with van der Waals surface area (Å²) in [7, 11) is 0. The first-order valence-electron chi connectivity index (χ1n) is 21.7. The summed E-state index contributed by atoms with van der Waals surface area (Å²) in [6.45, 7) is 0. The summed E-state index contributed by atoms with van der Waals surface area (Å²) >= 11 is 0. The zero-order valence-electron chi connectivity index (χ0n) is 34.3. The highest BCUT2D eigenvalue weighted by atomic mass is 14.9. The van der Waals surface area contributed by atoms with E-state index in [2.05, 4.69) is 212 Å². The van der Waals surface area contributed by atoms with Gasteiger partial charge in [0.05, 0.1) is 16.8 Å². The summed E-state index contributed by atoms with van der Waals surface area (Å²) in [4.78, 5) is 10.3. The van der Waals surface area contributed by atoms with Crippen molar-refractivity contribution >= 4 is 21.5 Å². The molecule has 11 aromatic rings. The Kier molecular flexibility index (Phi) is 7.85. The lowest BCUT2D eigenvalue weighted by atomic mass is 9.70. The fourth-order valence-electron chi connectivity index (χ4n) is 10.5. The second-order valence-electron chi connectivity index (χ2n) is 16.9. The molecule has 1 spiro atoms. The van der Waals surface area contributed by atoms with E-state index < -0.39 is 5.41 Å². The van der Waals surface area contributed by atoms with Gasteiger partial charge in [-0.1, -0.05) is 188 Å². The minimum Gasteiger partial charge on any atom is -0.228 e. The number of hydrogen-bond donors (Lipinski definition) is 0. The molecular weight excluding hydrogens is 761 g/mol. The van der Waals surface area contributed by atoms with Crippen LogP contribution in [0.2, 0.25) is 0 Å². The third-order valence-corrected chi connectivity index (χ3v) is 13.5. The van der Waals surface area contributed by atoms with E-state index in [1.807, 2.05) is 18.2 Å². The van der Waals surface area contributed by atoms with E-state index in [0.29, 0.717) is 5.82 Å². The van der Waals surface area contributed by atoms with Gasteiger partial charge in [0, 0.05) is 16.7 Å². The summed E-state index contributed by atoms with van der Waals surface area (Å²) < 4.78 is 0. The van der Waals surface area contributed by atoms with Crippen LogP contribution in [-0.2, 0) is 5.41 Å². The van der Waals surface area contributed by atoms with Crippen LogP contribution in [0.25, 0.3) is 100.0 Å². The summed E-state index contributed by atoms with van der Waals surface area (Å²) in [6.07, 6.45) is 0. The van der Waals surface area contributed by atoms with Crippen LogP contribution in [0.5, 0.6) is 0 Å². The van der Waals surface area contributed by atoms with Crippen LogP contribution in [0.15, 0.2) is 231 Å². The number of fused-ring (bicyclic) bond motifs is 12. The van der Waals surface area contributed by atoms with Gasteiger partial charge in [-0.25, -0.2) is 9.97 Å². The van der Waals surface area contributed by atoms with Crippen molar-refractivity contribution in [2.24, 2.45) is 0 Å². The number of hydrogen-bond acceptors (Lipinski definition) is 2. The molecule has 2 nitrogen and oxygen atoms in total. The Hall–Kier alpha value is -8.20. The van der Waals surface area contributed by atoms with E-state index in [0.717, 1.165) is 39.2 Å². The van der Waals surface area contributed by atoms with Crippen LogP contribution in [0.1, 0.15) is 22.3 Å². The lowest BCUT2D eigenvalue weighted by molar-refractivity contribution is 0.796. The lowest BCUT2D eigenvalue weighted by Crippen LogP contribution is -2.25. The highest BCUT2D eigenvalue weighted by Crippen LogP contribution is 2.63. The highest BCUT2D eigenvalue weighted by Gasteiger charge is 2.51. The Bertz CT molecular complexity index is 3560. The fraction of sp³-hybridized carbons (Fsp3) is 0.0164. The van der Waals surface area contributed by atoms with Crippen molar-refractivity contribution in [3.05, 3.63) is 253 Å². The van der Waals surface area contributed by atoms with Crippen LogP contribution >= 0.6 is 0 Å². The quantitative estimate of drug-likeness (QED) is 0.173. The Morgan fingerprint density at radius 2 is 0.698 bits per heavy atom. The molecule has 1 aromatic heterocycles. The van der Waals surface area contributed by atoms with E-state index in [1.165, 1.54) is 77.2 Å². The molecule has 0 saturated heterocycles. The molecule has 292 valence electrons. The SMILES string of the molecule is c1ccc(-c2cccc(-c3cc(-c4ccc(-c5ccc6cc7c(cc6c5)C5(c6ccccc6-c6ccccc65)c5cc6ccccc6cc5-7)cc4)nc(-c4ccccc4)n3)c2)cc1. The summed E-state index contributed by atoms with van der Waals surface area (Å²) in [5.41, 5.74) is 19.9. The first-order valence-corrected chi connectivity index (χ1v) is 21.7. The van der Waals surface area contributed by atoms with Gasteiger partial charge < -0.3 is 0 Å². The van der Waals surface area contributed by atoms with E-state index in [4.69, 9.17) is 9.97 Å². The van der Waals surface area contributed by atoms with Crippen LogP contribution < -0.4 is 0 Å². The standard InChI is InChI=1S/C61H38N2/c1-3-14-39(15-4-1)43-20-13-21-48(32-43)59-38-58(62-60(63-59)42-16-5-2-6-17-42)41-28-26-40(27-29-41)46-30-31-47-35-53-52-34-44-18-7-8-19-45(44)36-56(52)61(57(53)37-49(47)33-46)54-24-11-9-22-50(54)51-23-10-12-25-55(51)61/h1-38H. The van der Waals surface area contributed by atoms with E-state index >= 15 is 0 Å². The van der Waals surface area contributed by atoms with Crippen molar-refractivity contribution in [1.82, 2.24) is 9.97 Å². The van der Waals surface area contributed by atoms with Gasteiger partial charge in [-0.05, 0) is 131 Å². The molecule has 0 unspecified atom stereocenters. The van der Waals surface area contributed by atoms with Crippen molar-refractivity contribution in [2.45, 2.75) is 5.41 Å². The molecule has 0 N–H and O–H groups in total. The maximum Gasteiger partial charge on any atom is 0.160 e. The maximum absolute atomic E-state index is 5.15. The van der Waals surface area contributed by atoms with Crippen molar-refractivity contribution in [3.8, 4) is 78.4 Å². The van der Waals surface area contributed by atoms with Gasteiger partial charge in [0.25, 0.3) is 0 Å². The van der Waals surface area contributed by atoms with Crippen LogP contribution in [-0.4, -0.2) is 9.97 Å². The van der Waals surface area contributed by atoms with Crippen molar-refractivity contribution < 1.29 is 0 Å². The van der Waals surface area contributed by atoms with Crippen molar-refractivity contribution in [3.63, 3.8) is 0 Å². The average molecular weight is 799 g/mol. The lowest BCUT2D eigenvalue weighted by Gasteiger charge is -2.30. The molecule has 2 aliphatic carbocycles. The molecule has 13 rings (SSSR count). The molecule has 0 saturated carbocycles. The Balaban J connectivity index is 0.925. The Morgan fingerprint density at radius 1 is 0.238 bits per heavy atom. The molecule has 0 bridgehead atoms. The number of nitrogens with zero attached hydrogens (tertiary/aromatic N) is 2. The van der Waals surface area contributed by atoms with Gasteiger partial charge >= 0.3 is 0 Å². The molecule has 0 atom stereocenters. The smallest absolute Gasteiger partial charge is 0.160 e.